The van der Waals surface area contributed by atoms with Gasteiger partial charge in [0.25, 0.3) is 0 Å². The summed E-state index contributed by atoms with van der Waals surface area (Å²) in [6, 6.07) is 5.52. The molecule has 0 amide bonds. The minimum Gasteiger partial charge on any atom is -0.312 e. The Kier molecular flexibility index (Phi) is 4.40. The number of rotatable bonds is 5. The summed E-state index contributed by atoms with van der Waals surface area (Å²) in [5.41, 5.74) is 1.15. The van der Waals surface area contributed by atoms with E-state index >= 15 is 0 Å². The van der Waals surface area contributed by atoms with Crippen molar-refractivity contribution in [3.8, 4) is 6.07 Å². The highest BCUT2D eigenvalue weighted by molar-refractivity contribution is 7.90. The molecule has 16 heavy (non-hydrogen) atoms. The van der Waals surface area contributed by atoms with E-state index in [-0.39, 0.29) is 5.75 Å². The van der Waals surface area contributed by atoms with Gasteiger partial charge in [0.05, 0.1) is 5.75 Å². The summed E-state index contributed by atoms with van der Waals surface area (Å²) in [5.74, 6) is 0.0924. The average molecular weight is 239 g/mol. The fourth-order valence-corrected chi connectivity index (χ4v) is 1.68. The van der Waals surface area contributed by atoms with Gasteiger partial charge in [-0.3, -0.25) is 0 Å². The topological polar surface area (TPSA) is 82.8 Å². The molecular weight excluding hydrogens is 226 g/mol. The van der Waals surface area contributed by atoms with Crippen LogP contribution < -0.4 is 5.32 Å². The van der Waals surface area contributed by atoms with Gasteiger partial charge in [-0.1, -0.05) is 6.07 Å². The Labute approximate surface area is 95.0 Å². The molecule has 1 rings (SSSR count). The molecule has 1 aromatic rings. The largest absolute Gasteiger partial charge is 0.312 e. The highest BCUT2D eigenvalue weighted by Crippen LogP contribution is 2.02. The number of pyridine rings is 1. The highest BCUT2D eigenvalue weighted by atomic mass is 32.2. The van der Waals surface area contributed by atoms with Gasteiger partial charge in [-0.05, 0) is 6.07 Å². The average Bonchev–Trinajstić information content (AvgIpc) is 2.23. The van der Waals surface area contributed by atoms with Crippen LogP contribution in [0, 0.1) is 11.3 Å². The van der Waals surface area contributed by atoms with Crippen LogP contribution >= 0.6 is 0 Å². The van der Waals surface area contributed by atoms with Crippen LogP contribution in [0.1, 0.15) is 11.3 Å². The summed E-state index contributed by atoms with van der Waals surface area (Å²) in [6.45, 7) is 0.824. The molecule has 0 aliphatic carbocycles. The summed E-state index contributed by atoms with van der Waals surface area (Å²) in [7, 11) is -2.94. The smallest absolute Gasteiger partial charge is 0.148 e. The number of sulfone groups is 1. The molecule has 0 unspecified atom stereocenters. The van der Waals surface area contributed by atoms with Crippen LogP contribution in [-0.4, -0.2) is 32.0 Å². The molecule has 1 N–H and O–H groups in total. The van der Waals surface area contributed by atoms with Crippen LogP contribution in [0.25, 0.3) is 0 Å². The maximum Gasteiger partial charge on any atom is 0.148 e. The molecule has 5 nitrogen and oxygen atoms in total. The third-order valence-corrected chi connectivity index (χ3v) is 2.91. The third kappa shape index (κ3) is 4.38. The van der Waals surface area contributed by atoms with Crippen molar-refractivity contribution in [3.63, 3.8) is 0 Å². The SMILES string of the molecule is CS(=O)(=O)CCNCc1cccnc1C#N. The number of nitrogens with zero attached hydrogens (tertiary/aromatic N) is 2. The molecule has 0 radical (unpaired) electrons. The van der Waals surface area contributed by atoms with Crippen LogP contribution in [0.2, 0.25) is 0 Å². The molecule has 6 heteroatoms. The second-order valence-electron chi connectivity index (χ2n) is 3.43. The lowest BCUT2D eigenvalue weighted by molar-refractivity contribution is 0.596. The lowest BCUT2D eigenvalue weighted by atomic mass is 10.2. The Balaban J connectivity index is 2.47. The Morgan fingerprint density at radius 3 is 2.94 bits per heavy atom. The molecule has 0 aromatic carbocycles. The molecule has 1 heterocycles. The van der Waals surface area contributed by atoms with E-state index in [0.717, 1.165) is 5.56 Å². The standard InChI is InChI=1S/C10H13N3O2S/c1-16(14,15)6-5-12-8-9-3-2-4-13-10(9)7-11/h2-4,12H,5-6,8H2,1H3. The molecular formula is C10H13N3O2S. The maximum absolute atomic E-state index is 10.9. The normalized spacial score (nSPS) is 11.0. The van der Waals surface area contributed by atoms with E-state index in [1.165, 1.54) is 6.26 Å². The molecule has 0 bridgehead atoms. The van der Waals surface area contributed by atoms with E-state index in [9.17, 15) is 8.42 Å². The fraction of sp³-hybridized carbons (Fsp3) is 0.400. The predicted molar refractivity (Wildman–Crippen MR) is 60.4 cm³/mol. The van der Waals surface area contributed by atoms with Gasteiger partial charge in [-0.25, -0.2) is 13.4 Å². The monoisotopic (exact) mass is 239 g/mol. The molecule has 1 aromatic heterocycles. The van der Waals surface area contributed by atoms with E-state index in [1.54, 1.807) is 18.3 Å². The summed E-state index contributed by atoms with van der Waals surface area (Å²) in [4.78, 5) is 3.91. The molecule has 0 atom stereocenters. The van der Waals surface area contributed by atoms with Gasteiger partial charge in [0.15, 0.2) is 0 Å². The second kappa shape index (κ2) is 5.58. The van der Waals surface area contributed by atoms with Crippen LogP contribution in [0.5, 0.6) is 0 Å². The van der Waals surface area contributed by atoms with Crippen LogP contribution in [-0.2, 0) is 16.4 Å². The van der Waals surface area contributed by atoms with Crippen molar-refractivity contribution in [3.05, 3.63) is 29.6 Å². The number of hydrogen-bond donors (Lipinski definition) is 1. The zero-order chi connectivity index (χ0) is 12.0. The summed E-state index contributed by atoms with van der Waals surface area (Å²) >= 11 is 0. The van der Waals surface area contributed by atoms with Crippen molar-refractivity contribution < 1.29 is 8.42 Å². The molecule has 0 fully saturated rings. The summed E-state index contributed by atoms with van der Waals surface area (Å²) in [6.07, 6.45) is 2.75. The minimum atomic E-state index is -2.94. The van der Waals surface area contributed by atoms with Gasteiger partial charge in [0, 0.05) is 31.1 Å². The molecule has 0 spiro atoms. The lowest BCUT2D eigenvalue weighted by Crippen LogP contribution is -2.22. The van der Waals surface area contributed by atoms with Gasteiger partial charge in [-0.15, -0.1) is 0 Å². The van der Waals surface area contributed by atoms with Crippen molar-refractivity contribution >= 4 is 9.84 Å². The lowest BCUT2D eigenvalue weighted by Gasteiger charge is -2.04. The fourth-order valence-electron chi connectivity index (χ4n) is 1.16. The van der Waals surface area contributed by atoms with Crippen molar-refractivity contribution in [2.24, 2.45) is 0 Å². The van der Waals surface area contributed by atoms with E-state index < -0.39 is 9.84 Å². The van der Waals surface area contributed by atoms with Crippen LogP contribution in [0.3, 0.4) is 0 Å². The van der Waals surface area contributed by atoms with Crippen LogP contribution in [0.4, 0.5) is 0 Å². The van der Waals surface area contributed by atoms with E-state index in [1.807, 2.05) is 6.07 Å². The van der Waals surface area contributed by atoms with E-state index in [2.05, 4.69) is 10.3 Å². The van der Waals surface area contributed by atoms with Crippen molar-refractivity contribution in [2.75, 3.05) is 18.6 Å². The van der Waals surface area contributed by atoms with E-state index in [4.69, 9.17) is 5.26 Å². The number of nitrogens with one attached hydrogen (secondary N) is 1. The van der Waals surface area contributed by atoms with Gasteiger partial charge < -0.3 is 5.32 Å². The van der Waals surface area contributed by atoms with Crippen LogP contribution in [0.15, 0.2) is 18.3 Å². The second-order valence-corrected chi connectivity index (χ2v) is 5.69. The molecule has 0 saturated carbocycles. The van der Waals surface area contributed by atoms with Gasteiger partial charge in [0.1, 0.15) is 21.6 Å². The number of hydrogen-bond acceptors (Lipinski definition) is 5. The first-order valence-electron chi connectivity index (χ1n) is 4.75. The predicted octanol–water partition coefficient (Wildman–Crippen LogP) is 0.0875. The van der Waals surface area contributed by atoms with Crippen molar-refractivity contribution in [1.82, 2.24) is 10.3 Å². The first-order chi connectivity index (χ1) is 7.53. The van der Waals surface area contributed by atoms with Gasteiger partial charge in [0.2, 0.25) is 0 Å². The number of nitriles is 1. The Morgan fingerprint density at radius 2 is 2.31 bits per heavy atom. The Morgan fingerprint density at radius 1 is 1.56 bits per heavy atom. The third-order valence-electron chi connectivity index (χ3n) is 1.96. The molecule has 86 valence electrons. The zero-order valence-electron chi connectivity index (χ0n) is 8.97. The summed E-state index contributed by atoms with van der Waals surface area (Å²) < 4.78 is 21.7. The Hall–Kier alpha value is -1.45. The first kappa shape index (κ1) is 12.6. The molecule has 0 saturated heterocycles. The first-order valence-corrected chi connectivity index (χ1v) is 6.81. The number of aromatic nitrogens is 1. The maximum atomic E-state index is 10.9. The van der Waals surface area contributed by atoms with E-state index in [0.29, 0.717) is 18.8 Å². The quantitative estimate of drug-likeness (QED) is 0.736. The molecule has 0 aliphatic rings. The Bertz CT molecular complexity index is 491. The minimum absolute atomic E-state index is 0.0924. The van der Waals surface area contributed by atoms with Gasteiger partial charge in [-0.2, -0.15) is 5.26 Å². The highest BCUT2D eigenvalue weighted by Gasteiger charge is 2.03. The summed E-state index contributed by atoms with van der Waals surface area (Å²) in [5, 5.41) is 11.7. The van der Waals surface area contributed by atoms with Crippen molar-refractivity contribution in [2.45, 2.75) is 6.54 Å². The zero-order valence-corrected chi connectivity index (χ0v) is 9.79. The van der Waals surface area contributed by atoms with Gasteiger partial charge >= 0.3 is 0 Å². The van der Waals surface area contributed by atoms with Crippen molar-refractivity contribution in [1.29, 1.82) is 5.26 Å². The molecule has 0 aliphatic heterocycles.